The highest BCUT2D eigenvalue weighted by atomic mass is 16.5. The van der Waals surface area contributed by atoms with Gasteiger partial charge in [-0.1, -0.05) is 19.3 Å². The van der Waals surface area contributed by atoms with Gasteiger partial charge < -0.3 is 14.5 Å². The Bertz CT molecular complexity index is 653. The number of nitrogens with one attached hydrogen (secondary N) is 1. The summed E-state index contributed by atoms with van der Waals surface area (Å²) in [5.74, 6) is 0.201. The second kappa shape index (κ2) is 6.78. The Morgan fingerprint density at radius 1 is 1.20 bits per heavy atom. The molecule has 2 saturated heterocycles. The lowest BCUT2D eigenvalue weighted by atomic mass is 9.85. The molecular formula is C18H26N4O3. The van der Waals surface area contributed by atoms with Gasteiger partial charge in [-0.15, -0.1) is 0 Å². The molecule has 2 atom stereocenters. The predicted molar refractivity (Wildman–Crippen MR) is 91.2 cm³/mol. The Kier molecular flexibility index (Phi) is 4.50. The number of carbonyl (C=O) groups is 2. The third kappa shape index (κ3) is 3.05. The molecule has 3 aliphatic rings. The second-order valence-corrected chi connectivity index (χ2v) is 7.58. The van der Waals surface area contributed by atoms with Crippen molar-refractivity contribution in [1.82, 2.24) is 20.0 Å². The lowest BCUT2D eigenvalue weighted by Gasteiger charge is -2.30. The van der Waals surface area contributed by atoms with Crippen LogP contribution in [0.2, 0.25) is 0 Å². The SMILES string of the molecule is CN1C(=O)[C@H]2COC[C@@H]1CN(C(=O)c1cn[nH]c1C1CCCCC1)C2. The molecule has 3 fully saturated rings. The van der Waals surface area contributed by atoms with Crippen LogP contribution in [0.15, 0.2) is 6.20 Å². The van der Waals surface area contributed by atoms with Crippen LogP contribution < -0.4 is 0 Å². The summed E-state index contributed by atoms with van der Waals surface area (Å²) >= 11 is 0. The summed E-state index contributed by atoms with van der Waals surface area (Å²) < 4.78 is 5.62. The number of hydrogen-bond acceptors (Lipinski definition) is 4. The van der Waals surface area contributed by atoms with Gasteiger partial charge in [-0.05, 0) is 12.8 Å². The number of likely N-dealkylation sites (N-methyl/N-ethyl adjacent to an activating group) is 1. The van der Waals surface area contributed by atoms with Gasteiger partial charge in [0.05, 0.1) is 42.6 Å². The maximum atomic E-state index is 13.2. The van der Waals surface area contributed by atoms with Gasteiger partial charge in [0.1, 0.15) is 0 Å². The van der Waals surface area contributed by atoms with Gasteiger partial charge in [0.15, 0.2) is 0 Å². The minimum absolute atomic E-state index is 0.00526. The Hall–Kier alpha value is -1.89. The van der Waals surface area contributed by atoms with Crippen LogP contribution in [-0.4, -0.2) is 71.2 Å². The van der Waals surface area contributed by atoms with Gasteiger partial charge in [-0.25, -0.2) is 0 Å². The van der Waals surface area contributed by atoms with Crippen molar-refractivity contribution < 1.29 is 14.3 Å². The quantitative estimate of drug-likeness (QED) is 0.878. The number of H-pyrrole nitrogens is 1. The van der Waals surface area contributed by atoms with Crippen molar-refractivity contribution in [2.45, 2.75) is 44.1 Å². The van der Waals surface area contributed by atoms with E-state index in [9.17, 15) is 9.59 Å². The number of amides is 2. The first kappa shape index (κ1) is 16.6. The molecule has 3 heterocycles. The predicted octanol–water partition coefficient (Wildman–Crippen LogP) is 1.39. The number of rotatable bonds is 2. The second-order valence-electron chi connectivity index (χ2n) is 7.58. The fourth-order valence-corrected chi connectivity index (χ4v) is 4.40. The van der Waals surface area contributed by atoms with Crippen LogP contribution in [0, 0.1) is 5.92 Å². The van der Waals surface area contributed by atoms with Crippen molar-refractivity contribution >= 4 is 11.8 Å². The van der Waals surface area contributed by atoms with E-state index in [1.54, 1.807) is 11.1 Å². The molecule has 7 nitrogen and oxygen atoms in total. The largest absolute Gasteiger partial charge is 0.378 e. The molecule has 25 heavy (non-hydrogen) atoms. The zero-order valence-electron chi connectivity index (χ0n) is 14.7. The third-order valence-electron chi connectivity index (χ3n) is 5.95. The standard InChI is InChI=1S/C18H26N4O3/c1-21-14-9-22(8-13(17(21)23)10-25-11-14)18(24)15-7-19-20-16(15)12-5-3-2-4-6-12/h7,12-14H,2-6,8-11H2,1H3,(H,19,20)/t13-,14+/m1/s1. The summed E-state index contributed by atoms with van der Waals surface area (Å²) in [4.78, 5) is 29.3. The molecule has 2 aliphatic heterocycles. The van der Waals surface area contributed by atoms with E-state index in [2.05, 4.69) is 10.2 Å². The number of hydrogen-bond donors (Lipinski definition) is 1. The third-order valence-corrected chi connectivity index (χ3v) is 5.95. The van der Waals surface area contributed by atoms with Crippen molar-refractivity contribution in [2.24, 2.45) is 5.92 Å². The van der Waals surface area contributed by atoms with Gasteiger partial charge in [0.2, 0.25) is 5.91 Å². The van der Waals surface area contributed by atoms with Crippen molar-refractivity contribution in [1.29, 1.82) is 0 Å². The van der Waals surface area contributed by atoms with Crippen LogP contribution >= 0.6 is 0 Å². The Balaban J connectivity index is 1.57. The normalized spacial score (nSPS) is 28.1. The van der Waals surface area contributed by atoms with Crippen molar-refractivity contribution in [2.75, 3.05) is 33.4 Å². The molecule has 0 spiro atoms. The number of aromatic nitrogens is 2. The lowest BCUT2D eigenvalue weighted by Crippen LogP contribution is -2.45. The molecule has 4 rings (SSSR count). The molecule has 1 N–H and O–H groups in total. The maximum absolute atomic E-state index is 13.2. The molecule has 1 aliphatic carbocycles. The minimum atomic E-state index is -0.272. The summed E-state index contributed by atoms with van der Waals surface area (Å²) in [5, 5.41) is 7.24. The van der Waals surface area contributed by atoms with E-state index in [0.717, 1.165) is 18.5 Å². The average Bonchev–Trinajstić information content (AvgIpc) is 3.02. The molecular weight excluding hydrogens is 320 g/mol. The first-order chi connectivity index (χ1) is 12.1. The average molecular weight is 346 g/mol. The van der Waals surface area contributed by atoms with E-state index >= 15 is 0 Å². The number of ether oxygens (including phenoxy) is 1. The van der Waals surface area contributed by atoms with Gasteiger partial charge in [0, 0.05) is 26.1 Å². The Morgan fingerprint density at radius 2 is 2.00 bits per heavy atom. The number of carbonyl (C=O) groups excluding carboxylic acids is 2. The first-order valence-electron chi connectivity index (χ1n) is 9.32. The van der Waals surface area contributed by atoms with Crippen LogP contribution in [0.4, 0.5) is 0 Å². The van der Waals surface area contributed by atoms with Crippen LogP contribution in [0.25, 0.3) is 0 Å². The Labute approximate surface area is 147 Å². The molecule has 1 aromatic rings. The number of fused-ring (bicyclic) bond motifs is 3. The van der Waals surface area contributed by atoms with E-state index in [1.807, 2.05) is 11.9 Å². The van der Waals surface area contributed by atoms with E-state index in [-0.39, 0.29) is 23.8 Å². The van der Waals surface area contributed by atoms with E-state index in [0.29, 0.717) is 37.8 Å². The highest BCUT2D eigenvalue weighted by Crippen LogP contribution is 2.34. The summed E-state index contributed by atoms with van der Waals surface area (Å²) in [6, 6.07) is -0.0750. The molecule has 0 aromatic carbocycles. The van der Waals surface area contributed by atoms with E-state index < -0.39 is 0 Å². The van der Waals surface area contributed by atoms with Gasteiger partial charge in [-0.2, -0.15) is 5.10 Å². The van der Waals surface area contributed by atoms with Gasteiger partial charge >= 0.3 is 0 Å². The lowest BCUT2D eigenvalue weighted by molar-refractivity contribution is -0.133. The van der Waals surface area contributed by atoms with E-state index in [4.69, 9.17) is 4.74 Å². The van der Waals surface area contributed by atoms with Crippen molar-refractivity contribution in [3.05, 3.63) is 17.5 Å². The summed E-state index contributed by atoms with van der Waals surface area (Å²) in [6.45, 7) is 1.83. The molecule has 1 saturated carbocycles. The summed E-state index contributed by atoms with van der Waals surface area (Å²) in [7, 11) is 1.81. The van der Waals surface area contributed by atoms with Crippen molar-refractivity contribution in [3.8, 4) is 0 Å². The molecule has 0 unspecified atom stereocenters. The highest BCUT2D eigenvalue weighted by Gasteiger charge is 2.39. The number of aromatic amines is 1. The zero-order chi connectivity index (χ0) is 17.4. The monoisotopic (exact) mass is 346 g/mol. The van der Waals surface area contributed by atoms with Crippen molar-refractivity contribution in [3.63, 3.8) is 0 Å². The zero-order valence-corrected chi connectivity index (χ0v) is 14.7. The van der Waals surface area contributed by atoms with Crippen LogP contribution in [0.5, 0.6) is 0 Å². The molecule has 1 aromatic heterocycles. The van der Waals surface area contributed by atoms with Gasteiger partial charge in [-0.3, -0.25) is 14.7 Å². The summed E-state index contributed by atoms with van der Waals surface area (Å²) in [5.41, 5.74) is 1.66. The molecule has 0 radical (unpaired) electrons. The fraction of sp³-hybridized carbons (Fsp3) is 0.722. The van der Waals surface area contributed by atoms with Crippen LogP contribution in [-0.2, 0) is 9.53 Å². The topological polar surface area (TPSA) is 78.5 Å². The molecule has 2 amide bonds. The maximum Gasteiger partial charge on any atom is 0.257 e. The van der Waals surface area contributed by atoms with E-state index in [1.165, 1.54) is 19.3 Å². The van der Waals surface area contributed by atoms with Crippen LogP contribution in [0.1, 0.15) is 54.1 Å². The van der Waals surface area contributed by atoms with Gasteiger partial charge in [0.25, 0.3) is 5.91 Å². The molecule has 7 heteroatoms. The Morgan fingerprint density at radius 3 is 2.80 bits per heavy atom. The fourth-order valence-electron chi connectivity index (χ4n) is 4.40. The summed E-state index contributed by atoms with van der Waals surface area (Å²) in [6.07, 6.45) is 7.59. The minimum Gasteiger partial charge on any atom is -0.378 e. The smallest absolute Gasteiger partial charge is 0.257 e. The number of nitrogens with zero attached hydrogens (tertiary/aromatic N) is 3. The highest BCUT2D eigenvalue weighted by molar-refractivity contribution is 5.96. The molecule has 2 bridgehead atoms. The van der Waals surface area contributed by atoms with Crippen LogP contribution in [0.3, 0.4) is 0 Å². The molecule has 136 valence electrons. The first-order valence-corrected chi connectivity index (χ1v) is 9.32.